The smallest absolute Gasteiger partial charge is 0.276 e. The number of nitrogens with zero attached hydrogens (tertiary/aromatic N) is 3. The lowest BCUT2D eigenvalue weighted by atomic mass is 10.1. The molecule has 6 nitrogen and oxygen atoms in total. The van der Waals surface area contributed by atoms with E-state index >= 15 is 0 Å². The number of hydrogen-bond donors (Lipinski definition) is 0. The number of carbonyl (C=O) groups excluding carboxylic acids is 1. The van der Waals surface area contributed by atoms with Gasteiger partial charge in [-0.15, -0.1) is 0 Å². The van der Waals surface area contributed by atoms with Gasteiger partial charge in [-0.2, -0.15) is 0 Å². The molecule has 0 unspecified atom stereocenters. The predicted octanol–water partition coefficient (Wildman–Crippen LogP) is 5.10. The molecule has 6 heteroatoms. The van der Waals surface area contributed by atoms with E-state index in [1.165, 1.54) is 0 Å². The normalized spacial score (nSPS) is 11.1. The van der Waals surface area contributed by atoms with Crippen LogP contribution in [-0.4, -0.2) is 28.0 Å². The summed E-state index contributed by atoms with van der Waals surface area (Å²) in [6.07, 6.45) is 6.34. The molecule has 29 heavy (non-hydrogen) atoms. The molecular formula is C23H23N3O3. The Hall–Kier alpha value is -3.41. The number of hydrogen-bond acceptors (Lipinski definition) is 5. The summed E-state index contributed by atoms with van der Waals surface area (Å²) in [5, 5.41) is 5.02. The number of para-hydroxylation sites is 1. The second kappa shape index (κ2) is 8.31. The molecule has 3 aromatic heterocycles. The molecule has 0 atom stereocenters. The Balaban J connectivity index is 1.57. The Labute approximate surface area is 169 Å². The number of rotatable bonds is 7. The lowest BCUT2D eigenvalue weighted by Crippen LogP contribution is -2.26. The van der Waals surface area contributed by atoms with Gasteiger partial charge in [0.05, 0.1) is 0 Å². The molecular weight excluding hydrogens is 366 g/mol. The fraction of sp³-hybridized carbons (Fsp3) is 0.261. The minimum absolute atomic E-state index is 0.194. The molecule has 0 aliphatic rings. The van der Waals surface area contributed by atoms with Gasteiger partial charge >= 0.3 is 0 Å². The van der Waals surface area contributed by atoms with E-state index in [-0.39, 0.29) is 11.6 Å². The van der Waals surface area contributed by atoms with Crippen molar-refractivity contribution in [1.29, 1.82) is 0 Å². The summed E-state index contributed by atoms with van der Waals surface area (Å²) in [7, 11) is 1.77. The van der Waals surface area contributed by atoms with Crippen molar-refractivity contribution in [2.45, 2.75) is 32.7 Å². The topological polar surface area (TPSA) is 72.4 Å². The van der Waals surface area contributed by atoms with Crippen molar-refractivity contribution in [3.63, 3.8) is 0 Å². The second-order valence-electron chi connectivity index (χ2n) is 7.08. The maximum Gasteiger partial charge on any atom is 0.276 e. The van der Waals surface area contributed by atoms with Gasteiger partial charge in [-0.1, -0.05) is 36.7 Å². The number of aryl methyl sites for hydroxylation is 1. The average molecular weight is 389 g/mol. The fourth-order valence-corrected chi connectivity index (χ4v) is 3.39. The van der Waals surface area contributed by atoms with Crippen LogP contribution in [0.4, 0.5) is 0 Å². The van der Waals surface area contributed by atoms with Crippen molar-refractivity contribution in [1.82, 2.24) is 15.0 Å². The van der Waals surface area contributed by atoms with E-state index in [1.807, 2.05) is 36.4 Å². The first-order chi connectivity index (χ1) is 14.2. The largest absolute Gasteiger partial charge is 0.461 e. The summed E-state index contributed by atoms with van der Waals surface area (Å²) in [4.78, 5) is 18.6. The summed E-state index contributed by atoms with van der Waals surface area (Å²) in [6, 6.07) is 13.3. The minimum atomic E-state index is -0.194. The second-order valence-corrected chi connectivity index (χ2v) is 7.08. The maximum atomic E-state index is 12.9. The van der Waals surface area contributed by atoms with Crippen molar-refractivity contribution in [2.24, 2.45) is 0 Å². The van der Waals surface area contributed by atoms with E-state index in [0.717, 1.165) is 47.1 Å². The third-order valence-electron chi connectivity index (χ3n) is 4.98. The van der Waals surface area contributed by atoms with Gasteiger partial charge in [0.1, 0.15) is 11.3 Å². The Morgan fingerprint density at radius 1 is 1.14 bits per heavy atom. The van der Waals surface area contributed by atoms with Crippen molar-refractivity contribution < 1.29 is 13.7 Å². The van der Waals surface area contributed by atoms with Crippen LogP contribution in [0.25, 0.3) is 22.3 Å². The van der Waals surface area contributed by atoms with Crippen molar-refractivity contribution in [3.8, 4) is 11.3 Å². The molecule has 1 aromatic carbocycles. The molecule has 1 amide bonds. The first-order valence-electron chi connectivity index (χ1n) is 9.79. The van der Waals surface area contributed by atoms with E-state index in [2.05, 4.69) is 17.1 Å². The van der Waals surface area contributed by atoms with Crippen LogP contribution in [0.15, 0.2) is 63.8 Å². The summed E-state index contributed by atoms with van der Waals surface area (Å²) in [6.45, 7) is 2.61. The molecule has 4 rings (SSSR count). The molecule has 4 aromatic rings. The van der Waals surface area contributed by atoms with Crippen LogP contribution >= 0.6 is 0 Å². The van der Waals surface area contributed by atoms with Gasteiger partial charge in [0.15, 0.2) is 11.5 Å². The Bertz CT molecular complexity index is 1110. The number of pyridine rings is 1. The zero-order valence-corrected chi connectivity index (χ0v) is 16.6. The zero-order chi connectivity index (χ0) is 20.2. The molecule has 0 fully saturated rings. The molecule has 0 aliphatic heterocycles. The van der Waals surface area contributed by atoms with Gasteiger partial charge < -0.3 is 13.8 Å². The van der Waals surface area contributed by atoms with E-state index in [4.69, 9.17) is 8.94 Å². The van der Waals surface area contributed by atoms with E-state index in [1.54, 1.807) is 30.4 Å². The van der Waals surface area contributed by atoms with Crippen molar-refractivity contribution >= 4 is 16.9 Å². The monoisotopic (exact) mass is 389 g/mol. The fourth-order valence-electron chi connectivity index (χ4n) is 3.39. The Kier molecular flexibility index (Phi) is 5.42. The van der Waals surface area contributed by atoms with Crippen LogP contribution in [0, 0.1) is 0 Å². The molecule has 0 saturated carbocycles. The first-order valence-corrected chi connectivity index (χ1v) is 9.79. The van der Waals surface area contributed by atoms with Gasteiger partial charge in [0.2, 0.25) is 0 Å². The number of furan rings is 1. The van der Waals surface area contributed by atoms with Crippen LogP contribution in [0.2, 0.25) is 0 Å². The van der Waals surface area contributed by atoms with Crippen molar-refractivity contribution in [3.05, 3.63) is 71.9 Å². The maximum absolute atomic E-state index is 12.9. The van der Waals surface area contributed by atoms with Crippen LogP contribution in [-0.2, 0) is 13.0 Å². The van der Waals surface area contributed by atoms with Gasteiger partial charge in [-0.25, -0.2) is 0 Å². The summed E-state index contributed by atoms with van der Waals surface area (Å²) in [5.41, 5.74) is 3.03. The van der Waals surface area contributed by atoms with Gasteiger partial charge in [0, 0.05) is 55.0 Å². The summed E-state index contributed by atoms with van der Waals surface area (Å²) in [5.74, 6) is 1.30. The summed E-state index contributed by atoms with van der Waals surface area (Å²) < 4.78 is 11.4. The number of fused-ring (bicyclic) bond motifs is 1. The molecule has 0 radical (unpaired) electrons. The molecule has 0 saturated heterocycles. The minimum Gasteiger partial charge on any atom is -0.461 e. The van der Waals surface area contributed by atoms with Gasteiger partial charge in [0.25, 0.3) is 5.91 Å². The lowest BCUT2D eigenvalue weighted by Gasteiger charge is -2.16. The van der Waals surface area contributed by atoms with E-state index < -0.39 is 0 Å². The number of benzene rings is 1. The highest BCUT2D eigenvalue weighted by atomic mass is 16.5. The average Bonchev–Trinajstić information content (AvgIpc) is 3.38. The van der Waals surface area contributed by atoms with Gasteiger partial charge in [-0.3, -0.25) is 9.78 Å². The standard InChI is InChI=1S/C23H23N3O3/c1-3-4-8-21-18(17-7-5-6-9-20(17)28-21)15-26(2)23(27)19-14-22(29-25-19)16-10-12-24-13-11-16/h5-7,9-14H,3-4,8,15H2,1-2H3. The highest BCUT2D eigenvalue weighted by Gasteiger charge is 2.21. The van der Waals surface area contributed by atoms with Crippen molar-refractivity contribution in [2.75, 3.05) is 7.05 Å². The Morgan fingerprint density at radius 2 is 1.93 bits per heavy atom. The SMILES string of the molecule is CCCCc1oc2ccccc2c1CN(C)C(=O)c1cc(-c2ccncc2)on1. The Morgan fingerprint density at radius 3 is 2.72 bits per heavy atom. The number of aromatic nitrogens is 2. The predicted molar refractivity (Wildman–Crippen MR) is 110 cm³/mol. The third-order valence-corrected chi connectivity index (χ3v) is 4.98. The van der Waals surface area contributed by atoms with E-state index in [9.17, 15) is 4.79 Å². The van der Waals surface area contributed by atoms with Crippen LogP contribution in [0.1, 0.15) is 41.6 Å². The molecule has 0 spiro atoms. The van der Waals surface area contributed by atoms with Crippen LogP contribution in [0.5, 0.6) is 0 Å². The molecule has 0 N–H and O–H groups in total. The summed E-state index contributed by atoms with van der Waals surface area (Å²) >= 11 is 0. The molecule has 148 valence electrons. The number of unbranched alkanes of at least 4 members (excludes halogenated alkanes) is 1. The van der Waals surface area contributed by atoms with Crippen LogP contribution < -0.4 is 0 Å². The first kappa shape index (κ1) is 18.9. The quantitative estimate of drug-likeness (QED) is 0.440. The lowest BCUT2D eigenvalue weighted by molar-refractivity contribution is 0.0774. The third kappa shape index (κ3) is 3.92. The highest BCUT2D eigenvalue weighted by Crippen LogP contribution is 2.29. The highest BCUT2D eigenvalue weighted by molar-refractivity contribution is 5.93. The van der Waals surface area contributed by atoms with Crippen LogP contribution in [0.3, 0.4) is 0 Å². The molecule has 0 bridgehead atoms. The molecule has 0 aliphatic carbocycles. The molecule has 3 heterocycles. The zero-order valence-electron chi connectivity index (χ0n) is 16.6. The van der Waals surface area contributed by atoms with E-state index in [0.29, 0.717) is 12.3 Å². The van der Waals surface area contributed by atoms with Gasteiger partial charge in [-0.05, 0) is 24.6 Å². The number of carbonyl (C=O) groups is 1. The number of amides is 1.